The maximum absolute atomic E-state index is 11.2. The fourth-order valence-corrected chi connectivity index (χ4v) is 1.95. The Bertz CT molecular complexity index is 546. The van der Waals surface area contributed by atoms with E-state index in [1.54, 1.807) is 6.92 Å². The molecule has 0 spiro atoms. The highest BCUT2D eigenvalue weighted by Crippen LogP contribution is 2.12. The van der Waals surface area contributed by atoms with Gasteiger partial charge in [-0.05, 0) is 55.3 Å². The lowest BCUT2D eigenvalue weighted by Crippen LogP contribution is -2.05. The Labute approximate surface area is 118 Å². The summed E-state index contributed by atoms with van der Waals surface area (Å²) in [5.41, 5.74) is 3.01. The van der Waals surface area contributed by atoms with Gasteiger partial charge in [0.05, 0.1) is 0 Å². The van der Waals surface area contributed by atoms with E-state index in [1.165, 1.54) is 5.56 Å². The van der Waals surface area contributed by atoms with Crippen LogP contribution in [0, 0.1) is 0 Å². The predicted octanol–water partition coefficient (Wildman–Crippen LogP) is 4.20. The molecule has 0 bridgehead atoms. The molecular weight excluding hydrogens is 258 g/mol. The van der Waals surface area contributed by atoms with Crippen LogP contribution in [-0.2, 0) is 6.42 Å². The predicted molar refractivity (Wildman–Crippen MR) is 80.1 cm³/mol. The molecule has 98 valence electrons. The molecule has 0 saturated carbocycles. The van der Waals surface area contributed by atoms with Crippen LogP contribution >= 0.6 is 11.6 Å². The molecule has 0 amide bonds. The third-order valence-electron chi connectivity index (χ3n) is 2.95. The second kappa shape index (κ2) is 6.39. The number of Topliss-reactive ketones (excluding diaryl/α,β-unsaturated/α-hetero) is 1. The molecule has 1 N–H and O–H groups in total. The molecule has 0 fully saturated rings. The SMILES string of the molecule is CC(=O)c1ccc(NCCc2ccc(Cl)cc2)cc1. The molecule has 2 aromatic rings. The van der Waals surface area contributed by atoms with Crippen molar-refractivity contribution < 1.29 is 4.79 Å². The van der Waals surface area contributed by atoms with Crippen LogP contribution < -0.4 is 5.32 Å². The fourth-order valence-electron chi connectivity index (χ4n) is 1.83. The zero-order valence-electron chi connectivity index (χ0n) is 10.8. The second-order valence-corrected chi connectivity index (χ2v) is 4.87. The number of halogens is 1. The van der Waals surface area contributed by atoms with Crippen LogP contribution in [0.2, 0.25) is 5.02 Å². The van der Waals surface area contributed by atoms with Crippen LogP contribution in [0.15, 0.2) is 48.5 Å². The van der Waals surface area contributed by atoms with E-state index in [0.29, 0.717) is 0 Å². The number of nitrogens with one attached hydrogen (secondary N) is 1. The monoisotopic (exact) mass is 273 g/mol. The first-order valence-corrected chi connectivity index (χ1v) is 6.62. The van der Waals surface area contributed by atoms with E-state index in [1.807, 2.05) is 48.5 Å². The number of ketones is 1. The Morgan fingerprint density at radius 1 is 1.05 bits per heavy atom. The van der Waals surface area contributed by atoms with Gasteiger partial charge < -0.3 is 5.32 Å². The van der Waals surface area contributed by atoms with E-state index in [2.05, 4.69) is 5.32 Å². The summed E-state index contributed by atoms with van der Waals surface area (Å²) in [6, 6.07) is 15.4. The topological polar surface area (TPSA) is 29.1 Å². The average molecular weight is 274 g/mol. The van der Waals surface area contributed by atoms with Crippen molar-refractivity contribution in [2.75, 3.05) is 11.9 Å². The molecule has 0 unspecified atom stereocenters. The van der Waals surface area contributed by atoms with Gasteiger partial charge in [-0.15, -0.1) is 0 Å². The Hall–Kier alpha value is -1.80. The van der Waals surface area contributed by atoms with Crippen molar-refractivity contribution in [2.24, 2.45) is 0 Å². The molecular formula is C16H16ClNO. The van der Waals surface area contributed by atoms with Crippen LogP contribution in [0.25, 0.3) is 0 Å². The van der Waals surface area contributed by atoms with Gasteiger partial charge in [-0.1, -0.05) is 23.7 Å². The van der Waals surface area contributed by atoms with E-state index in [4.69, 9.17) is 11.6 Å². The molecule has 0 aliphatic rings. The summed E-state index contributed by atoms with van der Waals surface area (Å²) < 4.78 is 0. The average Bonchev–Trinajstić information content (AvgIpc) is 2.41. The highest BCUT2D eigenvalue weighted by molar-refractivity contribution is 6.30. The largest absolute Gasteiger partial charge is 0.385 e. The molecule has 2 rings (SSSR count). The Balaban J connectivity index is 1.85. The molecule has 0 aromatic heterocycles. The highest BCUT2D eigenvalue weighted by Gasteiger charge is 1.99. The molecule has 0 saturated heterocycles. The van der Waals surface area contributed by atoms with Crippen molar-refractivity contribution in [2.45, 2.75) is 13.3 Å². The molecule has 0 heterocycles. The number of anilines is 1. The quantitative estimate of drug-likeness (QED) is 0.828. The number of carbonyl (C=O) groups excluding carboxylic acids is 1. The van der Waals surface area contributed by atoms with Gasteiger partial charge in [-0.3, -0.25) is 4.79 Å². The maximum Gasteiger partial charge on any atom is 0.159 e. The van der Waals surface area contributed by atoms with Crippen LogP contribution in [-0.4, -0.2) is 12.3 Å². The van der Waals surface area contributed by atoms with Crippen LogP contribution in [0.5, 0.6) is 0 Å². The first-order chi connectivity index (χ1) is 9.15. The highest BCUT2D eigenvalue weighted by atomic mass is 35.5. The summed E-state index contributed by atoms with van der Waals surface area (Å²) in [5.74, 6) is 0.0905. The summed E-state index contributed by atoms with van der Waals surface area (Å²) >= 11 is 5.84. The van der Waals surface area contributed by atoms with Crippen molar-refractivity contribution in [3.05, 3.63) is 64.7 Å². The number of hydrogen-bond donors (Lipinski definition) is 1. The molecule has 3 heteroatoms. The first-order valence-electron chi connectivity index (χ1n) is 6.24. The Morgan fingerprint density at radius 3 is 2.26 bits per heavy atom. The fraction of sp³-hybridized carbons (Fsp3) is 0.188. The molecule has 0 aliphatic carbocycles. The van der Waals surface area contributed by atoms with Gasteiger partial charge in [0.25, 0.3) is 0 Å². The van der Waals surface area contributed by atoms with Crippen LogP contribution in [0.4, 0.5) is 5.69 Å². The van der Waals surface area contributed by atoms with Crippen molar-refractivity contribution in [3.63, 3.8) is 0 Å². The molecule has 0 radical (unpaired) electrons. The van der Waals surface area contributed by atoms with Crippen LogP contribution in [0.3, 0.4) is 0 Å². The minimum Gasteiger partial charge on any atom is -0.385 e. The van der Waals surface area contributed by atoms with E-state index in [0.717, 1.165) is 29.2 Å². The van der Waals surface area contributed by atoms with Gasteiger partial charge in [0.1, 0.15) is 0 Å². The normalized spacial score (nSPS) is 10.2. The zero-order valence-corrected chi connectivity index (χ0v) is 11.6. The lowest BCUT2D eigenvalue weighted by atomic mass is 10.1. The molecule has 0 aliphatic heterocycles. The zero-order chi connectivity index (χ0) is 13.7. The lowest BCUT2D eigenvalue weighted by Gasteiger charge is -2.07. The van der Waals surface area contributed by atoms with Crippen molar-refractivity contribution in [1.82, 2.24) is 0 Å². The van der Waals surface area contributed by atoms with Gasteiger partial charge in [-0.2, -0.15) is 0 Å². The van der Waals surface area contributed by atoms with Gasteiger partial charge in [-0.25, -0.2) is 0 Å². The lowest BCUT2D eigenvalue weighted by molar-refractivity contribution is 0.101. The Kier molecular flexibility index (Phi) is 4.58. The molecule has 2 aromatic carbocycles. The van der Waals surface area contributed by atoms with E-state index >= 15 is 0 Å². The van der Waals surface area contributed by atoms with Crippen molar-refractivity contribution in [3.8, 4) is 0 Å². The van der Waals surface area contributed by atoms with Gasteiger partial charge in [0, 0.05) is 22.8 Å². The standard InChI is InChI=1S/C16H16ClNO/c1-12(19)14-4-8-16(9-5-14)18-11-10-13-2-6-15(17)7-3-13/h2-9,18H,10-11H2,1H3. The van der Waals surface area contributed by atoms with Gasteiger partial charge >= 0.3 is 0 Å². The third kappa shape index (κ3) is 4.11. The summed E-state index contributed by atoms with van der Waals surface area (Å²) in [6.45, 7) is 2.42. The minimum absolute atomic E-state index is 0.0905. The first kappa shape index (κ1) is 13.6. The third-order valence-corrected chi connectivity index (χ3v) is 3.20. The molecule has 0 atom stereocenters. The van der Waals surface area contributed by atoms with Gasteiger partial charge in [0.2, 0.25) is 0 Å². The van der Waals surface area contributed by atoms with Gasteiger partial charge in [0.15, 0.2) is 5.78 Å². The second-order valence-electron chi connectivity index (χ2n) is 4.44. The van der Waals surface area contributed by atoms with Crippen molar-refractivity contribution in [1.29, 1.82) is 0 Å². The molecule has 2 nitrogen and oxygen atoms in total. The number of carbonyl (C=O) groups is 1. The number of rotatable bonds is 5. The maximum atomic E-state index is 11.2. The van der Waals surface area contributed by atoms with E-state index in [-0.39, 0.29) is 5.78 Å². The Morgan fingerprint density at radius 2 is 1.68 bits per heavy atom. The van der Waals surface area contributed by atoms with E-state index in [9.17, 15) is 4.79 Å². The van der Waals surface area contributed by atoms with Crippen LogP contribution in [0.1, 0.15) is 22.8 Å². The van der Waals surface area contributed by atoms with E-state index < -0.39 is 0 Å². The minimum atomic E-state index is 0.0905. The van der Waals surface area contributed by atoms with Crippen molar-refractivity contribution >= 4 is 23.1 Å². The summed E-state index contributed by atoms with van der Waals surface area (Å²) in [6.07, 6.45) is 0.936. The number of hydrogen-bond acceptors (Lipinski definition) is 2. The summed E-state index contributed by atoms with van der Waals surface area (Å²) in [4.78, 5) is 11.2. The number of benzene rings is 2. The summed E-state index contributed by atoms with van der Waals surface area (Å²) in [7, 11) is 0. The summed E-state index contributed by atoms with van der Waals surface area (Å²) in [5, 5.41) is 4.09. The molecule has 19 heavy (non-hydrogen) atoms. The smallest absolute Gasteiger partial charge is 0.159 e.